The molecule has 0 saturated carbocycles. The van der Waals surface area contributed by atoms with Gasteiger partial charge in [-0.05, 0) is 22.3 Å². The summed E-state index contributed by atoms with van der Waals surface area (Å²) in [5.41, 5.74) is 5.00. The first-order valence-electron chi connectivity index (χ1n) is 6.79. The van der Waals surface area contributed by atoms with Crippen molar-refractivity contribution in [3.8, 4) is 0 Å². The van der Waals surface area contributed by atoms with Crippen molar-refractivity contribution >= 4 is 0 Å². The van der Waals surface area contributed by atoms with Crippen LogP contribution in [0.25, 0.3) is 0 Å². The van der Waals surface area contributed by atoms with Gasteiger partial charge in [-0.15, -0.1) is 0 Å². The Kier molecular flexibility index (Phi) is 2.32. The Morgan fingerprint density at radius 1 is 0.737 bits per heavy atom. The van der Waals surface area contributed by atoms with E-state index in [1.54, 1.807) is 0 Å². The van der Waals surface area contributed by atoms with Crippen molar-refractivity contribution in [3.63, 3.8) is 0 Å². The molecule has 0 unspecified atom stereocenters. The maximum atomic E-state index is 10.6. The molecule has 96 valence electrons. The van der Waals surface area contributed by atoms with Gasteiger partial charge in [-0.3, -0.25) is 0 Å². The monoisotopic (exact) mass is 252 g/mol. The standard InChI is InChI=1S/C17H16O2/c18-9-14-15-10-5-1-3-7-12(10)16(17(14)19)13-8-4-2-6-11(13)15/h1-8,14-19H,9H2/t14-,15?,16?,17+/m0/s1. The number of hydrogen-bond donors (Lipinski definition) is 2. The summed E-state index contributed by atoms with van der Waals surface area (Å²) in [6, 6.07) is 16.6. The van der Waals surface area contributed by atoms with E-state index in [0.717, 1.165) is 0 Å². The molecule has 2 bridgehead atoms. The molecule has 2 aromatic rings. The highest BCUT2D eigenvalue weighted by Gasteiger charge is 2.48. The molecule has 2 atom stereocenters. The third-order valence-electron chi connectivity index (χ3n) is 4.75. The summed E-state index contributed by atoms with van der Waals surface area (Å²) in [4.78, 5) is 0. The molecule has 5 rings (SSSR count). The average Bonchev–Trinajstić information content (AvgIpc) is 2.47. The second-order valence-corrected chi connectivity index (χ2v) is 5.55. The predicted molar refractivity (Wildman–Crippen MR) is 73.2 cm³/mol. The molecule has 0 spiro atoms. The number of hydrogen-bond acceptors (Lipinski definition) is 2. The molecule has 2 N–H and O–H groups in total. The maximum Gasteiger partial charge on any atom is 0.0708 e. The molecule has 0 fully saturated rings. The quantitative estimate of drug-likeness (QED) is 0.817. The van der Waals surface area contributed by atoms with Crippen molar-refractivity contribution in [2.24, 2.45) is 5.92 Å². The molecular formula is C17H16O2. The van der Waals surface area contributed by atoms with Gasteiger partial charge in [0.25, 0.3) is 0 Å². The van der Waals surface area contributed by atoms with Crippen LogP contribution in [0.3, 0.4) is 0 Å². The van der Waals surface area contributed by atoms with E-state index in [1.165, 1.54) is 22.3 Å². The van der Waals surface area contributed by atoms with Gasteiger partial charge in [0.1, 0.15) is 0 Å². The third-order valence-corrected chi connectivity index (χ3v) is 4.75. The number of benzene rings is 2. The van der Waals surface area contributed by atoms with Gasteiger partial charge in [-0.2, -0.15) is 0 Å². The van der Waals surface area contributed by atoms with Gasteiger partial charge in [0.05, 0.1) is 6.10 Å². The highest BCUT2D eigenvalue weighted by atomic mass is 16.3. The Balaban J connectivity index is 2.03. The molecule has 3 aliphatic carbocycles. The van der Waals surface area contributed by atoms with Crippen molar-refractivity contribution in [2.45, 2.75) is 17.9 Å². The minimum Gasteiger partial charge on any atom is -0.396 e. The molecule has 2 aromatic carbocycles. The van der Waals surface area contributed by atoms with Crippen molar-refractivity contribution < 1.29 is 10.2 Å². The van der Waals surface area contributed by atoms with Crippen molar-refractivity contribution in [2.75, 3.05) is 6.61 Å². The van der Waals surface area contributed by atoms with Gasteiger partial charge >= 0.3 is 0 Å². The minimum absolute atomic E-state index is 0.00884. The van der Waals surface area contributed by atoms with Crippen LogP contribution in [-0.4, -0.2) is 22.9 Å². The van der Waals surface area contributed by atoms with Gasteiger partial charge in [0, 0.05) is 24.4 Å². The fourth-order valence-corrected chi connectivity index (χ4v) is 3.98. The molecule has 19 heavy (non-hydrogen) atoms. The van der Waals surface area contributed by atoms with Crippen LogP contribution in [0, 0.1) is 5.92 Å². The summed E-state index contributed by atoms with van der Waals surface area (Å²) < 4.78 is 0. The van der Waals surface area contributed by atoms with E-state index in [0.29, 0.717) is 0 Å². The lowest BCUT2D eigenvalue weighted by Crippen LogP contribution is -2.45. The van der Waals surface area contributed by atoms with E-state index >= 15 is 0 Å². The molecule has 0 aliphatic heterocycles. The maximum absolute atomic E-state index is 10.6. The number of fused-ring (bicyclic) bond motifs is 1. The van der Waals surface area contributed by atoms with E-state index in [-0.39, 0.29) is 24.4 Å². The van der Waals surface area contributed by atoms with E-state index in [2.05, 4.69) is 24.3 Å². The molecule has 0 amide bonds. The summed E-state index contributed by atoms with van der Waals surface area (Å²) in [5.74, 6) is 0.0433. The predicted octanol–water partition coefficient (Wildman–Crippen LogP) is 2.25. The molecule has 0 saturated heterocycles. The first-order valence-corrected chi connectivity index (χ1v) is 6.79. The zero-order chi connectivity index (χ0) is 13.0. The largest absolute Gasteiger partial charge is 0.396 e. The number of aliphatic hydroxyl groups is 2. The molecular weight excluding hydrogens is 236 g/mol. The van der Waals surface area contributed by atoms with Gasteiger partial charge in [0.2, 0.25) is 0 Å². The zero-order valence-electron chi connectivity index (χ0n) is 10.5. The lowest BCUT2D eigenvalue weighted by atomic mass is 9.58. The zero-order valence-corrected chi connectivity index (χ0v) is 10.5. The van der Waals surface area contributed by atoms with E-state index in [4.69, 9.17) is 0 Å². The van der Waals surface area contributed by atoms with E-state index < -0.39 is 6.10 Å². The molecule has 0 radical (unpaired) electrons. The summed E-state index contributed by atoms with van der Waals surface area (Å²) in [7, 11) is 0. The van der Waals surface area contributed by atoms with Gasteiger partial charge in [-0.25, -0.2) is 0 Å². The van der Waals surface area contributed by atoms with Gasteiger partial charge in [-0.1, -0.05) is 48.5 Å². The highest BCUT2D eigenvalue weighted by molar-refractivity contribution is 5.56. The lowest BCUT2D eigenvalue weighted by molar-refractivity contribution is 0.0293. The second-order valence-electron chi connectivity index (χ2n) is 5.55. The fourth-order valence-electron chi connectivity index (χ4n) is 3.98. The lowest BCUT2D eigenvalue weighted by Gasteiger charge is -2.48. The van der Waals surface area contributed by atoms with Crippen LogP contribution in [-0.2, 0) is 0 Å². The van der Waals surface area contributed by atoms with Gasteiger partial charge in [0.15, 0.2) is 0 Å². The Morgan fingerprint density at radius 3 is 1.58 bits per heavy atom. The first kappa shape index (κ1) is 11.2. The number of rotatable bonds is 1. The molecule has 2 nitrogen and oxygen atoms in total. The Bertz CT molecular complexity index is 587. The Labute approximate surface area is 112 Å². The van der Waals surface area contributed by atoms with Crippen LogP contribution in [0.15, 0.2) is 48.5 Å². The van der Waals surface area contributed by atoms with Crippen LogP contribution < -0.4 is 0 Å². The molecule has 0 aromatic heterocycles. The van der Waals surface area contributed by atoms with Crippen LogP contribution >= 0.6 is 0 Å². The Hall–Kier alpha value is -1.64. The summed E-state index contributed by atoms with van der Waals surface area (Å²) in [5, 5.41) is 20.3. The first-order chi connectivity index (χ1) is 9.33. The fraction of sp³-hybridized carbons (Fsp3) is 0.294. The summed E-state index contributed by atoms with van der Waals surface area (Å²) in [6.07, 6.45) is -0.486. The highest BCUT2D eigenvalue weighted by Crippen LogP contribution is 2.55. The van der Waals surface area contributed by atoms with Crippen molar-refractivity contribution in [1.29, 1.82) is 0 Å². The molecule has 2 heteroatoms. The Morgan fingerprint density at radius 2 is 1.16 bits per heavy atom. The molecule has 3 aliphatic rings. The van der Waals surface area contributed by atoms with Crippen LogP contribution in [0.4, 0.5) is 0 Å². The van der Waals surface area contributed by atoms with E-state index in [1.807, 2.05) is 24.3 Å². The molecule has 0 heterocycles. The van der Waals surface area contributed by atoms with Crippen LogP contribution in [0.1, 0.15) is 34.1 Å². The smallest absolute Gasteiger partial charge is 0.0708 e. The SMILES string of the molecule is OC[C@H]1C2c3ccccc3C(c3ccccc32)[C@@H]1O. The van der Waals surface area contributed by atoms with Crippen molar-refractivity contribution in [1.82, 2.24) is 0 Å². The normalized spacial score (nSPS) is 30.8. The summed E-state index contributed by atoms with van der Waals surface area (Å²) >= 11 is 0. The third kappa shape index (κ3) is 1.33. The van der Waals surface area contributed by atoms with Crippen LogP contribution in [0.5, 0.6) is 0 Å². The second kappa shape index (κ2) is 3.92. The van der Waals surface area contributed by atoms with Crippen molar-refractivity contribution in [3.05, 3.63) is 70.8 Å². The van der Waals surface area contributed by atoms with E-state index in [9.17, 15) is 10.2 Å². The average molecular weight is 252 g/mol. The van der Waals surface area contributed by atoms with Gasteiger partial charge < -0.3 is 10.2 Å². The minimum atomic E-state index is -0.486. The summed E-state index contributed by atoms with van der Waals surface area (Å²) in [6.45, 7) is 0.0327. The van der Waals surface area contributed by atoms with Crippen LogP contribution in [0.2, 0.25) is 0 Å². The topological polar surface area (TPSA) is 40.5 Å². The number of aliphatic hydroxyl groups excluding tert-OH is 2.